The summed E-state index contributed by atoms with van der Waals surface area (Å²) in [5.74, 6) is -0.511. The Kier molecular flexibility index (Phi) is 8.36. The summed E-state index contributed by atoms with van der Waals surface area (Å²) >= 11 is 0. The Balaban J connectivity index is 0.00000190. The normalized spacial score (nSPS) is 10.7. The molecule has 0 atom stereocenters. The zero-order valence-corrected chi connectivity index (χ0v) is 22.8. The lowest BCUT2D eigenvalue weighted by molar-refractivity contribution is 0.630. The highest BCUT2D eigenvalue weighted by Gasteiger charge is 2.32. The molecule has 0 bridgehead atoms. The van der Waals surface area contributed by atoms with Gasteiger partial charge >= 0.3 is 0 Å². The van der Waals surface area contributed by atoms with Crippen LogP contribution in [-0.4, -0.2) is 18.7 Å². The first-order valence-electron chi connectivity index (χ1n) is 11.6. The van der Waals surface area contributed by atoms with Gasteiger partial charge in [-0.1, -0.05) is 66.7 Å². The molecule has 0 aliphatic heterocycles. The first kappa shape index (κ1) is 27.8. The number of hydrogen-bond donors (Lipinski definition) is 0. The van der Waals surface area contributed by atoms with Gasteiger partial charge in [-0.3, -0.25) is 19.0 Å². The van der Waals surface area contributed by atoms with E-state index in [9.17, 15) is 9.59 Å². The highest BCUT2D eigenvalue weighted by atomic mass is 35.5. The summed E-state index contributed by atoms with van der Waals surface area (Å²) in [6.45, 7) is 3.89. The summed E-state index contributed by atoms with van der Waals surface area (Å²) in [4.78, 5) is 28.0. The molecule has 2 heterocycles. The van der Waals surface area contributed by atoms with E-state index in [1.165, 1.54) is 0 Å². The highest BCUT2D eigenvalue weighted by molar-refractivity contribution is 5.85. The van der Waals surface area contributed by atoms with Crippen LogP contribution in [0.3, 0.4) is 0 Å². The number of halogens is 2. The molecular formula is C29H30Cl2N4O2. The monoisotopic (exact) mass is 536 g/mol. The minimum Gasteiger partial charge on any atom is -0.285 e. The van der Waals surface area contributed by atoms with Gasteiger partial charge in [-0.2, -0.15) is 0 Å². The quantitative estimate of drug-likeness (QED) is 0.305. The number of para-hydroxylation sites is 2. The third kappa shape index (κ3) is 4.59. The standard InChI is InChI=1S/C29H28N4O2.2ClH/c1-20-25(28(34)32(30(20)3)23-16-10-6-11-17-23)27(22-14-8-5-9-15-22)26-21(2)31(4)33(29(26)35)24-18-12-7-13-19-24;;/h5-19,27H,1-4H3;2*1H. The molecule has 0 saturated carbocycles. The summed E-state index contributed by atoms with van der Waals surface area (Å²) in [5, 5.41) is 0. The van der Waals surface area contributed by atoms with Gasteiger partial charge in [0.25, 0.3) is 11.1 Å². The van der Waals surface area contributed by atoms with E-state index in [0.717, 1.165) is 28.3 Å². The second-order valence-corrected chi connectivity index (χ2v) is 8.79. The van der Waals surface area contributed by atoms with Crippen LogP contribution in [0, 0.1) is 13.8 Å². The van der Waals surface area contributed by atoms with Gasteiger partial charge in [0, 0.05) is 31.4 Å². The summed E-state index contributed by atoms with van der Waals surface area (Å²) < 4.78 is 7.09. The molecule has 0 fully saturated rings. The van der Waals surface area contributed by atoms with Crippen molar-refractivity contribution < 1.29 is 0 Å². The smallest absolute Gasteiger partial charge is 0.275 e. The van der Waals surface area contributed by atoms with E-state index in [0.29, 0.717) is 11.1 Å². The van der Waals surface area contributed by atoms with Crippen molar-refractivity contribution in [3.05, 3.63) is 140 Å². The van der Waals surface area contributed by atoms with Gasteiger partial charge in [-0.15, -0.1) is 24.8 Å². The fourth-order valence-corrected chi connectivity index (χ4v) is 4.97. The number of nitrogens with zero attached hydrogens (tertiary/aromatic N) is 4. The lowest BCUT2D eigenvalue weighted by Crippen LogP contribution is -2.26. The average molecular weight is 537 g/mol. The Morgan fingerprint density at radius 1 is 0.541 bits per heavy atom. The van der Waals surface area contributed by atoms with Gasteiger partial charge in [0.2, 0.25) is 0 Å². The van der Waals surface area contributed by atoms with E-state index in [1.807, 2.05) is 128 Å². The first-order chi connectivity index (χ1) is 16.9. The van der Waals surface area contributed by atoms with E-state index in [2.05, 4.69) is 0 Å². The number of hydrogen-bond acceptors (Lipinski definition) is 2. The minimum absolute atomic E-state index is 0. The van der Waals surface area contributed by atoms with Gasteiger partial charge in [0.05, 0.1) is 22.5 Å². The van der Waals surface area contributed by atoms with E-state index in [-0.39, 0.29) is 35.9 Å². The predicted octanol–water partition coefficient (Wildman–Crippen LogP) is 5.31. The van der Waals surface area contributed by atoms with Crippen LogP contribution >= 0.6 is 24.8 Å². The Morgan fingerprint density at radius 3 is 1.22 bits per heavy atom. The molecule has 6 nitrogen and oxygen atoms in total. The fraction of sp³-hybridized carbons (Fsp3) is 0.172. The Labute approximate surface area is 228 Å². The van der Waals surface area contributed by atoms with Gasteiger partial charge in [0.1, 0.15) is 0 Å². The largest absolute Gasteiger partial charge is 0.285 e. The number of aromatic nitrogens is 4. The maximum Gasteiger partial charge on any atom is 0.275 e. The lowest BCUT2D eigenvalue weighted by atomic mass is 9.85. The molecule has 192 valence electrons. The van der Waals surface area contributed by atoms with Crippen molar-refractivity contribution in [3.8, 4) is 11.4 Å². The van der Waals surface area contributed by atoms with E-state index >= 15 is 0 Å². The maximum absolute atomic E-state index is 14.0. The average Bonchev–Trinajstić information content (AvgIpc) is 3.24. The maximum atomic E-state index is 14.0. The fourth-order valence-electron chi connectivity index (χ4n) is 4.97. The van der Waals surface area contributed by atoms with Crippen molar-refractivity contribution in [2.24, 2.45) is 14.1 Å². The van der Waals surface area contributed by atoms with Crippen LogP contribution in [0.2, 0.25) is 0 Å². The third-order valence-electron chi connectivity index (χ3n) is 6.91. The molecule has 0 N–H and O–H groups in total. The molecule has 5 aromatic rings. The molecule has 8 heteroatoms. The lowest BCUT2D eigenvalue weighted by Gasteiger charge is -2.16. The summed E-state index contributed by atoms with van der Waals surface area (Å²) in [5.41, 5.74) is 5.08. The molecule has 0 saturated heterocycles. The molecule has 2 aromatic heterocycles. The van der Waals surface area contributed by atoms with Crippen LogP contribution in [0.1, 0.15) is 34.0 Å². The van der Waals surface area contributed by atoms with Crippen LogP contribution in [0.5, 0.6) is 0 Å². The van der Waals surface area contributed by atoms with Gasteiger partial charge in [-0.05, 0) is 43.7 Å². The minimum atomic E-state index is -0.511. The van der Waals surface area contributed by atoms with Crippen molar-refractivity contribution in [1.29, 1.82) is 0 Å². The SMILES string of the molecule is Cc1c(C(c2ccccc2)c2c(C)n(C)n(-c3ccccc3)c2=O)c(=O)n(-c2ccccc2)n1C.Cl.Cl. The molecule has 0 aliphatic carbocycles. The van der Waals surface area contributed by atoms with Crippen molar-refractivity contribution in [3.63, 3.8) is 0 Å². The van der Waals surface area contributed by atoms with Crippen molar-refractivity contribution in [2.75, 3.05) is 0 Å². The molecule has 0 aliphatic rings. The van der Waals surface area contributed by atoms with Crippen LogP contribution in [-0.2, 0) is 14.1 Å². The summed E-state index contributed by atoms with van der Waals surface area (Å²) in [6.07, 6.45) is 0. The third-order valence-corrected chi connectivity index (χ3v) is 6.91. The van der Waals surface area contributed by atoms with Gasteiger partial charge in [0.15, 0.2) is 0 Å². The molecule has 0 unspecified atom stereocenters. The Bertz CT molecular complexity index is 1510. The molecule has 0 radical (unpaired) electrons. The molecular weight excluding hydrogens is 507 g/mol. The molecule has 5 rings (SSSR count). The van der Waals surface area contributed by atoms with Gasteiger partial charge in [-0.25, -0.2) is 9.36 Å². The molecule has 37 heavy (non-hydrogen) atoms. The van der Waals surface area contributed by atoms with Crippen molar-refractivity contribution in [1.82, 2.24) is 18.7 Å². The summed E-state index contributed by atoms with van der Waals surface area (Å²) in [6, 6.07) is 29.0. The topological polar surface area (TPSA) is 53.9 Å². The van der Waals surface area contributed by atoms with Crippen LogP contribution < -0.4 is 11.1 Å². The Hall–Kier alpha value is -3.74. The van der Waals surface area contributed by atoms with E-state index < -0.39 is 5.92 Å². The molecule has 0 amide bonds. The van der Waals surface area contributed by atoms with Crippen molar-refractivity contribution >= 4 is 24.8 Å². The second kappa shape index (κ2) is 11.1. The number of benzene rings is 3. The predicted molar refractivity (Wildman–Crippen MR) is 153 cm³/mol. The van der Waals surface area contributed by atoms with Gasteiger partial charge < -0.3 is 0 Å². The van der Waals surface area contributed by atoms with E-state index in [1.54, 1.807) is 9.36 Å². The summed E-state index contributed by atoms with van der Waals surface area (Å²) in [7, 11) is 3.77. The van der Waals surface area contributed by atoms with Crippen LogP contribution in [0.15, 0.2) is 101 Å². The van der Waals surface area contributed by atoms with Crippen LogP contribution in [0.4, 0.5) is 0 Å². The molecule has 3 aromatic carbocycles. The Morgan fingerprint density at radius 2 is 0.865 bits per heavy atom. The zero-order chi connectivity index (χ0) is 24.7. The van der Waals surface area contributed by atoms with Crippen LogP contribution in [0.25, 0.3) is 11.4 Å². The molecule has 0 spiro atoms. The second-order valence-electron chi connectivity index (χ2n) is 8.79. The number of rotatable bonds is 5. The van der Waals surface area contributed by atoms with E-state index in [4.69, 9.17) is 0 Å². The van der Waals surface area contributed by atoms with Crippen molar-refractivity contribution in [2.45, 2.75) is 19.8 Å². The first-order valence-corrected chi connectivity index (χ1v) is 11.6. The zero-order valence-electron chi connectivity index (χ0n) is 21.2. The highest BCUT2D eigenvalue weighted by Crippen LogP contribution is 2.33.